The molecule has 1 aliphatic carbocycles. The van der Waals surface area contributed by atoms with Gasteiger partial charge in [-0.2, -0.15) is 17.6 Å². The summed E-state index contributed by atoms with van der Waals surface area (Å²) < 4.78 is 70.4. The van der Waals surface area contributed by atoms with Crippen molar-refractivity contribution in [1.82, 2.24) is 14.8 Å². The molecule has 6 nitrogen and oxygen atoms in total. The first-order chi connectivity index (χ1) is 19.7. The van der Waals surface area contributed by atoms with Gasteiger partial charge in [0.05, 0.1) is 22.9 Å². The van der Waals surface area contributed by atoms with Crippen molar-refractivity contribution in [2.24, 2.45) is 5.73 Å². The fraction of sp³-hybridized carbons (Fsp3) is 0.355. The number of hydrogen-bond acceptors (Lipinski definition) is 5. The predicted octanol–water partition coefficient (Wildman–Crippen LogP) is 7.05. The van der Waals surface area contributed by atoms with Gasteiger partial charge in [-0.15, -0.1) is 5.10 Å². The van der Waals surface area contributed by atoms with Crippen molar-refractivity contribution >= 4 is 22.0 Å². The molecule has 0 radical (unpaired) electrons. The lowest BCUT2D eigenvalue weighted by Crippen LogP contribution is -2.29. The van der Waals surface area contributed by atoms with E-state index in [1.807, 2.05) is 0 Å². The van der Waals surface area contributed by atoms with Crippen LogP contribution in [0, 0.1) is 5.95 Å². The number of aromatic nitrogens is 3. The molecule has 2 aromatic carbocycles. The lowest BCUT2D eigenvalue weighted by molar-refractivity contribution is -0.122. The van der Waals surface area contributed by atoms with E-state index in [-0.39, 0.29) is 22.7 Å². The Balaban J connectivity index is 1.48. The number of pyridine rings is 1. The van der Waals surface area contributed by atoms with Crippen molar-refractivity contribution in [1.29, 1.82) is 0 Å². The molecule has 1 saturated carbocycles. The Morgan fingerprint density at radius 2 is 1.80 bits per heavy atom. The Morgan fingerprint density at radius 1 is 1.02 bits per heavy atom. The normalized spacial score (nSPS) is 19.2. The summed E-state index contributed by atoms with van der Waals surface area (Å²) >= 11 is 0. The van der Waals surface area contributed by atoms with E-state index in [2.05, 4.69) is 10.1 Å². The molecule has 1 saturated heterocycles. The maximum Gasteiger partial charge on any atom is 0.393 e. The maximum absolute atomic E-state index is 15.2. The third kappa shape index (κ3) is 6.13. The maximum atomic E-state index is 15.2. The lowest BCUT2D eigenvalue weighted by Gasteiger charge is -2.23. The molecule has 1 unspecified atom stereocenters. The molecular formula is C31H30F4N4O2. The van der Waals surface area contributed by atoms with E-state index < -0.39 is 18.5 Å². The van der Waals surface area contributed by atoms with Gasteiger partial charge in [-0.25, -0.2) is 9.67 Å². The van der Waals surface area contributed by atoms with Gasteiger partial charge in [0.2, 0.25) is 11.8 Å². The van der Waals surface area contributed by atoms with Gasteiger partial charge in [-0.3, -0.25) is 0 Å². The van der Waals surface area contributed by atoms with Gasteiger partial charge >= 0.3 is 6.18 Å². The van der Waals surface area contributed by atoms with Crippen molar-refractivity contribution in [3.63, 3.8) is 0 Å². The molecule has 3 heterocycles. The SMILES string of the molecule is NC1(COc2ccc(C(=C(CC(F)(F)F)c3ccccc3)c3ccc4c(c3)c(F)nn4C3CCCCO3)cn2)CC1. The molecule has 6 rings (SSSR count). The molecule has 0 bridgehead atoms. The van der Waals surface area contributed by atoms with Crippen LogP contribution in [0.25, 0.3) is 22.0 Å². The second-order valence-corrected chi connectivity index (χ2v) is 10.8. The summed E-state index contributed by atoms with van der Waals surface area (Å²) in [7, 11) is 0. The number of allylic oxidation sites excluding steroid dienone is 1. The van der Waals surface area contributed by atoms with Gasteiger partial charge in [0, 0.05) is 24.4 Å². The monoisotopic (exact) mass is 566 g/mol. The van der Waals surface area contributed by atoms with E-state index >= 15 is 4.39 Å². The van der Waals surface area contributed by atoms with Crippen LogP contribution in [-0.2, 0) is 4.74 Å². The van der Waals surface area contributed by atoms with Gasteiger partial charge in [0.15, 0.2) is 6.23 Å². The topological polar surface area (TPSA) is 75.2 Å². The van der Waals surface area contributed by atoms with Crippen molar-refractivity contribution in [3.8, 4) is 5.88 Å². The molecule has 2 aliphatic rings. The van der Waals surface area contributed by atoms with E-state index in [1.54, 1.807) is 60.7 Å². The second kappa shape index (κ2) is 10.9. The highest BCUT2D eigenvalue weighted by Crippen LogP contribution is 2.41. The van der Waals surface area contributed by atoms with Gasteiger partial charge in [-0.05, 0) is 72.6 Å². The van der Waals surface area contributed by atoms with Crippen LogP contribution in [0.15, 0.2) is 66.9 Å². The van der Waals surface area contributed by atoms with Crippen LogP contribution in [0.5, 0.6) is 5.88 Å². The fourth-order valence-corrected chi connectivity index (χ4v) is 5.22. The van der Waals surface area contributed by atoms with E-state index in [9.17, 15) is 13.2 Å². The van der Waals surface area contributed by atoms with E-state index in [1.165, 1.54) is 10.9 Å². The van der Waals surface area contributed by atoms with Crippen LogP contribution >= 0.6 is 0 Å². The average Bonchev–Trinajstić information content (AvgIpc) is 3.63. The number of nitrogens with zero attached hydrogens (tertiary/aromatic N) is 3. The molecular weight excluding hydrogens is 536 g/mol. The molecule has 2 N–H and O–H groups in total. The summed E-state index contributed by atoms with van der Waals surface area (Å²) in [5.74, 6) is -0.373. The summed E-state index contributed by atoms with van der Waals surface area (Å²) in [4.78, 5) is 4.37. The molecule has 2 fully saturated rings. The number of nitrogens with two attached hydrogens (primary N) is 1. The molecule has 41 heavy (non-hydrogen) atoms. The summed E-state index contributed by atoms with van der Waals surface area (Å²) in [6, 6.07) is 16.6. The largest absolute Gasteiger partial charge is 0.476 e. The molecule has 0 spiro atoms. The van der Waals surface area contributed by atoms with Crippen molar-refractivity contribution in [2.75, 3.05) is 13.2 Å². The van der Waals surface area contributed by atoms with Gasteiger partial charge in [0.25, 0.3) is 0 Å². The Bertz CT molecular complexity index is 1560. The highest BCUT2D eigenvalue weighted by Gasteiger charge is 2.39. The van der Waals surface area contributed by atoms with Crippen LogP contribution < -0.4 is 10.5 Å². The zero-order chi connectivity index (χ0) is 28.6. The zero-order valence-corrected chi connectivity index (χ0v) is 22.3. The highest BCUT2D eigenvalue weighted by atomic mass is 19.4. The quantitative estimate of drug-likeness (QED) is 0.183. The summed E-state index contributed by atoms with van der Waals surface area (Å²) in [6.07, 6.45) is -0.254. The summed E-state index contributed by atoms with van der Waals surface area (Å²) in [5.41, 5.74) is 7.90. The Morgan fingerprint density at radius 3 is 2.46 bits per heavy atom. The first kappa shape index (κ1) is 27.4. The van der Waals surface area contributed by atoms with Crippen LogP contribution in [0.2, 0.25) is 0 Å². The standard InChI is InChI=1S/C31H30F4N4O2/c32-29-23-16-21(9-11-25(23)39(38-29)27-8-4-5-15-40-27)28(24(17-31(33,34)35)20-6-2-1-3-7-20)22-10-12-26(37-18-22)41-19-30(36)13-14-30/h1-3,6-7,9-12,16,18,27H,4-5,8,13-15,17,19,36H2. The minimum absolute atomic E-state index is 0.0511. The zero-order valence-electron chi connectivity index (χ0n) is 22.3. The van der Waals surface area contributed by atoms with E-state index in [4.69, 9.17) is 15.2 Å². The smallest absolute Gasteiger partial charge is 0.393 e. The van der Waals surface area contributed by atoms with Crippen LogP contribution in [0.1, 0.15) is 61.4 Å². The molecule has 1 aliphatic heterocycles. The highest BCUT2D eigenvalue weighted by molar-refractivity contribution is 6.00. The van der Waals surface area contributed by atoms with Gasteiger partial charge in [0.1, 0.15) is 6.61 Å². The fourth-order valence-electron chi connectivity index (χ4n) is 5.22. The minimum Gasteiger partial charge on any atom is -0.476 e. The Labute approximate surface area is 234 Å². The summed E-state index contributed by atoms with van der Waals surface area (Å²) in [5, 5.41) is 4.30. The van der Waals surface area contributed by atoms with Crippen LogP contribution in [0.3, 0.4) is 0 Å². The molecule has 10 heteroatoms. The number of halogens is 4. The van der Waals surface area contributed by atoms with Crippen molar-refractivity contribution in [2.45, 2.75) is 56.5 Å². The van der Waals surface area contributed by atoms with Crippen LogP contribution in [-0.4, -0.2) is 39.7 Å². The number of rotatable bonds is 8. The second-order valence-electron chi connectivity index (χ2n) is 10.8. The molecule has 0 amide bonds. The molecule has 1 atom stereocenters. The predicted molar refractivity (Wildman–Crippen MR) is 147 cm³/mol. The van der Waals surface area contributed by atoms with Crippen molar-refractivity contribution < 1.29 is 27.0 Å². The number of hydrogen-bond donors (Lipinski definition) is 1. The summed E-state index contributed by atoms with van der Waals surface area (Å²) in [6.45, 7) is 0.880. The van der Waals surface area contributed by atoms with E-state index in [0.717, 1.165) is 25.7 Å². The third-order valence-electron chi connectivity index (χ3n) is 7.60. The Hall–Kier alpha value is -3.76. The van der Waals surface area contributed by atoms with Crippen molar-refractivity contribution in [3.05, 3.63) is 89.5 Å². The number of ether oxygens (including phenoxy) is 2. The van der Waals surface area contributed by atoms with Gasteiger partial charge in [-0.1, -0.05) is 36.4 Å². The van der Waals surface area contributed by atoms with Gasteiger partial charge < -0.3 is 15.2 Å². The lowest BCUT2D eigenvalue weighted by atomic mass is 9.88. The average molecular weight is 567 g/mol. The minimum atomic E-state index is -4.49. The number of fused-ring (bicyclic) bond motifs is 1. The Kier molecular flexibility index (Phi) is 7.29. The molecule has 4 aromatic rings. The molecule has 2 aromatic heterocycles. The molecule has 214 valence electrons. The first-order valence-corrected chi connectivity index (χ1v) is 13.7. The first-order valence-electron chi connectivity index (χ1n) is 13.7. The van der Waals surface area contributed by atoms with Crippen LogP contribution in [0.4, 0.5) is 17.6 Å². The number of alkyl halides is 3. The number of benzene rings is 2. The third-order valence-corrected chi connectivity index (χ3v) is 7.60. The van der Waals surface area contributed by atoms with E-state index in [0.29, 0.717) is 53.3 Å².